The second kappa shape index (κ2) is 4.31. The van der Waals surface area contributed by atoms with Crippen molar-refractivity contribution in [1.82, 2.24) is 0 Å². The monoisotopic (exact) mass is 247 g/mol. The molecule has 2 N–H and O–H groups in total. The van der Waals surface area contributed by atoms with Gasteiger partial charge in [0.15, 0.2) is 0 Å². The average Bonchev–Trinajstić information content (AvgIpc) is 2.29. The Morgan fingerprint density at radius 3 is 2.18 bits per heavy atom. The molecule has 0 saturated carbocycles. The lowest BCUT2D eigenvalue weighted by atomic mass is 10.0. The summed E-state index contributed by atoms with van der Waals surface area (Å²) in [6, 6.07) is 14.7. The van der Waals surface area contributed by atoms with Crippen LogP contribution in [-0.4, -0.2) is 8.42 Å². The molecule has 4 heteroatoms. The molecule has 3 nitrogen and oxygen atoms in total. The van der Waals surface area contributed by atoms with Crippen molar-refractivity contribution in [1.29, 1.82) is 0 Å². The van der Waals surface area contributed by atoms with Gasteiger partial charge < -0.3 is 0 Å². The molecule has 0 aromatic heterocycles. The molecule has 0 amide bonds. The van der Waals surface area contributed by atoms with E-state index in [9.17, 15) is 8.42 Å². The molecule has 0 heterocycles. The Bertz CT molecular complexity index is 634. The van der Waals surface area contributed by atoms with E-state index < -0.39 is 10.0 Å². The van der Waals surface area contributed by atoms with Crippen LogP contribution in [0.15, 0.2) is 53.4 Å². The highest BCUT2D eigenvalue weighted by atomic mass is 32.2. The Kier molecular flexibility index (Phi) is 3.00. The highest BCUT2D eigenvalue weighted by molar-refractivity contribution is 7.89. The first-order valence-corrected chi connectivity index (χ1v) is 6.72. The van der Waals surface area contributed by atoms with Gasteiger partial charge >= 0.3 is 0 Å². The standard InChI is InChI=1S/C13H13NO2S/c1-10-12(11-6-3-2-4-7-11)8-5-9-13(10)17(14,15)16/h2-9H,1H3,(H2,14,15,16). The molecule has 0 bridgehead atoms. The Hall–Kier alpha value is -1.65. The van der Waals surface area contributed by atoms with E-state index in [1.807, 2.05) is 36.4 Å². The van der Waals surface area contributed by atoms with Crippen LogP contribution in [0.25, 0.3) is 11.1 Å². The molecule has 0 aliphatic heterocycles. The van der Waals surface area contributed by atoms with Crippen LogP contribution in [0.3, 0.4) is 0 Å². The minimum absolute atomic E-state index is 0.179. The van der Waals surface area contributed by atoms with Crippen molar-refractivity contribution in [3.8, 4) is 11.1 Å². The molecule has 0 aliphatic rings. The second-order valence-corrected chi connectivity index (χ2v) is 5.37. The lowest BCUT2D eigenvalue weighted by Crippen LogP contribution is -2.13. The quantitative estimate of drug-likeness (QED) is 0.885. The van der Waals surface area contributed by atoms with Crippen molar-refractivity contribution >= 4 is 10.0 Å². The van der Waals surface area contributed by atoms with Crippen LogP contribution in [0.4, 0.5) is 0 Å². The molecule has 0 aliphatic carbocycles. The Balaban J connectivity index is 2.67. The molecular weight excluding hydrogens is 234 g/mol. The maximum absolute atomic E-state index is 11.4. The third-order valence-corrected chi connectivity index (χ3v) is 3.73. The SMILES string of the molecule is Cc1c(-c2ccccc2)cccc1S(N)(=O)=O. The summed E-state index contributed by atoms with van der Waals surface area (Å²) in [6.45, 7) is 1.77. The van der Waals surface area contributed by atoms with E-state index in [2.05, 4.69) is 0 Å². The van der Waals surface area contributed by atoms with Crippen molar-refractivity contribution in [3.05, 3.63) is 54.1 Å². The van der Waals surface area contributed by atoms with Crippen LogP contribution in [0.5, 0.6) is 0 Å². The fraction of sp³-hybridized carbons (Fsp3) is 0.0769. The van der Waals surface area contributed by atoms with Crippen LogP contribution < -0.4 is 5.14 Å². The number of rotatable bonds is 2. The van der Waals surface area contributed by atoms with Gasteiger partial charge in [-0.1, -0.05) is 42.5 Å². The summed E-state index contributed by atoms with van der Waals surface area (Å²) < 4.78 is 22.8. The molecule has 0 unspecified atom stereocenters. The van der Waals surface area contributed by atoms with Gasteiger partial charge in [0.05, 0.1) is 4.90 Å². The van der Waals surface area contributed by atoms with Gasteiger partial charge in [0.25, 0.3) is 0 Å². The number of benzene rings is 2. The Morgan fingerprint density at radius 1 is 0.941 bits per heavy atom. The van der Waals surface area contributed by atoms with Crippen molar-refractivity contribution in [2.24, 2.45) is 5.14 Å². The van der Waals surface area contributed by atoms with E-state index in [-0.39, 0.29) is 4.90 Å². The molecule has 2 aromatic carbocycles. The topological polar surface area (TPSA) is 60.2 Å². The molecule has 2 rings (SSSR count). The third-order valence-electron chi connectivity index (χ3n) is 2.68. The van der Waals surface area contributed by atoms with Crippen LogP contribution >= 0.6 is 0 Å². The number of hydrogen-bond donors (Lipinski definition) is 1. The van der Waals surface area contributed by atoms with Gasteiger partial charge in [-0.3, -0.25) is 0 Å². The maximum atomic E-state index is 11.4. The summed E-state index contributed by atoms with van der Waals surface area (Å²) in [5.74, 6) is 0. The fourth-order valence-corrected chi connectivity index (χ4v) is 2.66. The smallest absolute Gasteiger partial charge is 0.225 e. The van der Waals surface area contributed by atoms with Crippen LogP contribution in [-0.2, 0) is 10.0 Å². The van der Waals surface area contributed by atoms with Crippen molar-refractivity contribution in [2.75, 3.05) is 0 Å². The summed E-state index contributed by atoms with van der Waals surface area (Å²) in [6.07, 6.45) is 0. The third kappa shape index (κ3) is 2.38. The molecule has 0 spiro atoms. The van der Waals surface area contributed by atoms with Gasteiger partial charge in [0.2, 0.25) is 10.0 Å². The largest absolute Gasteiger partial charge is 0.238 e. The molecule has 0 fully saturated rings. The van der Waals surface area contributed by atoms with Gasteiger partial charge in [-0.2, -0.15) is 0 Å². The van der Waals surface area contributed by atoms with Crippen molar-refractivity contribution in [2.45, 2.75) is 11.8 Å². The second-order valence-electron chi connectivity index (χ2n) is 3.84. The summed E-state index contributed by atoms with van der Waals surface area (Å²) >= 11 is 0. The van der Waals surface area contributed by atoms with Crippen molar-refractivity contribution in [3.63, 3.8) is 0 Å². The summed E-state index contributed by atoms with van der Waals surface area (Å²) in [5, 5.41) is 5.18. The number of nitrogens with two attached hydrogens (primary N) is 1. The molecule has 0 radical (unpaired) electrons. The minimum Gasteiger partial charge on any atom is -0.225 e. The Labute approximate surface area is 101 Å². The highest BCUT2D eigenvalue weighted by Crippen LogP contribution is 2.27. The van der Waals surface area contributed by atoms with E-state index in [0.717, 1.165) is 11.1 Å². The summed E-state index contributed by atoms with van der Waals surface area (Å²) in [4.78, 5) is 0.179. The van der Waals surface area contributed by atoms with E-state index in [1.165, 1.54) is 6.07 Å². The van der Waals surface area contributed by atoms with E-state index in [1.54, 1.807) is 13.0 Å². The number of hydrogen-bond acceptors (Lipinski definition) is 2. The first-order chi connectivity index (χ1) is 8.00. The highest BCUT2D eigenvalue weighted by Gasteiger charge is 2.14. The van der Waals surface area contributed by atoms with E-state index in [4.69, 9.17) is 5.14 Å². The fourth-order valence-electron chi connectivity index (χ4n) is 1.85. The van der Waals surface area contributed by atoms with Crippen LogP contribution in [0.1, 0.15) is 5.56 Å². The number of sulfonamides is 1. The zero-order valence-electron chi connectivity index (χ0n) is 9.42. The van der Waals surface area contributed by atoms with Gasteiger partial charge in [0.1, 0.15) is 0 Å². The normalized spacial score (nSPS) is 11.4. The summed E-state index contributed by atoms with van der Waals surface area (Å²) in [5.41, 5.74) is 2.55. The predicted molar refractivity (Wildman–Crippen MR) is 68.0 cm³/mol. The van der Waals surface area contributed by atoms with Gasteiger partial charge in [0, 0.05) is 0 Å². The minimum atomic E-state index is -3.66. The van der Waals surface area contributed by atoms with E-state index in [0.29, 0.717) is 5.56 Å². The lowest BCUT2D eigenvalue weighted by molar-refractivity contribution is 0.597. The first-order valence-electron chi connectivity index (χ1n) is 5.18. The molecule has 2 aromatic rings. The molecule has 88 valence electrons. The first kappa shape index (κ1) is 11.8. The molecular formula is C13H13NO2S. The van der Waals surface area contributed by atoms with E-state index >= 15 is 0 Å². The van der Waals surface area contributed by atoms with Crippen LogP contribution in [0, 0.1) is 6.92 Å². The Morgan fingerprint density at radius 2 is 1.59 bits per heavy atom. The average molecular weight is 247 g/mol. The lowest BCUT2D eigenvalue weighted by Gasteiger charge is -2.09. The van der Waals surface area contributed by atoms with Crippen molar-refractivity contribution < 1.29 is 8.42 Å². The van der Waals surface area contributed by atoms with Gasteiger partial charge in [-0.05, 0) is 29.7 Å². The zero-order chi connectivity index (χ0) is 12.5. The predicted octanol–water partition coefficient (Wildman–Crippen LogP) is 2.31. The van der Waals surface area contributed by atoms with Gasteiger partial charge in [-0.25, -0.2) is 13.6 Å². The molecule has 0 saturated heterocycles. The van der Waals surface area contributed by atoms with Crippen LogP contribution in [0.2, 0.25) is 0 Å². The molecule has 0 atom stereocenters. The van der Waals surface area contributed by atoms with Gasteiger partial charge in [-0.15, -0.1) is 0 Å². The number of primary sulfonamides is 1. The summed E-state index contributed by atoms with van der Waals surface area (Å²) in [7, 11) is -3.66. The maximum Gasteiger partial charge on any atom is 0.238 e. The zero-order valence-corrected chi connectivity index (χ0v) is 10.2. The molecule has 17 heavy (non-hydrogen) atoms.